The van der Waals surface area contributed by atoms with Crippen molar-refractivity contribution < 1.29 is 9.16 Å². The summed E-state index contributed by atoms with van der Waals surface area (Å²) >= 11 is 0. The summed E-state index contributed by atoms with van der Waals surface area (Å²) in [6.07, 6.45) is 0.882. The maximum atomic E-state index is 6.48. The molecule has 0 unspecified atom stereocenters. The number of ether oxygens (including phenoxy) is 1. The van der Waals surface area contributed by atoms with Crippen molar-refractivity contribution in [2.45, 2.75) is 51.9 Å². The SMILES string of the molecule is CC(C)(C)[Si](C)(C)OCCc1cc2ccccc2n1-c1ccc(OCc2ccccc2)cc1. The van der Waals surface area contributed by atoms with Crippen LogP contribution in [-0.4, -0.2) is 19.5 Å². The Balaban J connectivity index is 1.54. The number of fused-ring (bicyclic) bond motifs is 1. The van der Waals surface area contributed by atoms with Crippen LogP contribution in [-0.2, 0) is 17.5 Å². The van der Waals surface area contributed by atoms with Crippen molar-refractivity contribution in [2.24, 2.45) is 0 Å². The second-order valence-electron chi connectivity index (χ2n) is 10.2. The summed E-state index contributed by atoms with van der Waals surface area (Å²) in [6, 6.07) is 29.5. The van der Waals surface area contributed by atoms with Crippen LogP contribution in [0, 0.1) is 0 Å². The summed E-state index contributed by atoms with van der Waals surface area (Å²) in [4.78, 5) is 0. The van der Waals surface area contributed by atoms with E-state index in [1.165, 1.54) is 22.2 Å². The van der Waals surface area contributed by atoms with Gasteiger partial charge in [-0.1, -0.05) is 69.3 Å². The maximum Gasteiger partial charge on any atom is 0.191 e. The van der Waals surface area contributed by atoms with Crippen LogP contribution >= 0.6 is 0 Å². The highest BCUT2D eigenvalue weighted by atomic mass is 28.4. The minimum Gasteiger partial charge on any atom is -0.489 e. The first-order valence-corrected chi connectivity index (χ1v) is 14.7. The number of hydrogen-bond acceptors (Lipinski definition) is 2. The summed E-state index contributed by atoms with van der Waals surface area (Å²) < 4.78 is 14.8. The van der Waals surface area contributed by atoms with Gasteiger partial charge in [-0.2, -0.15) is 0 Å². The minimum atomic E-state index is -1.76. The Kier molecular flexibility index (Phi) is 6.77. The van der Waals surface area contributed by atoms with Gasteiger partial charge < -0.3 is 13.7 Å². The Hall–Kier alpha value is -2.82. The molecule has 1 heterocycles. The van der Waals surface area contributed by atoms with Gasteiger partial charge >= 0.3 is 0 Å². The zero-order valence-electron chi connectivity index (χ0n) is 20.5. The maximum absolute atomic E-state index is 6.48. The molecule has 172 valence electrons. The minimum absolute atomic E-state index is 0.218. The molecule has 0 amide bonds. The molecule has 3 nitrogen and oxygen atoms in total. The number of aromatic nitrogens is 1. The summed E-state index contributed by atoms with van der Waals surface area (Å²) in [7, 11) is -1.76. The zero-order valence-corrected chi connectivity index (χ0v) is 21.5. The Bertz CT molecular complexity index is 1190. The fourth-order valence-electron chi connectivity index (χ4n) is 3.76. The average Bonchev–Trinajstić information content (AvgIpc) is 3.16. The first-order chi connectivity index (χ1) is 15.7. The van der Waals surface area contributed by atoms with Crippen LogP contribution in [0.25, 0.3) is 16.6 Å². The highest BCUT2D eigenvalue weighted by molar-refractivity contribution is 6.74. The van der Waals surface area contributed by atoms with Crippen LogP contribution in [0.3, 0.4) is 0 Å². The third-order valence-corrected chi connectivity index (χ3v) is 11.3. The quantitative estimate of drug-likeness (QED) is 0.252. The van der Waals surface area contributed by atoms with E-state index in [2.05, 4.69) is 105 Å². The zero-order chi connectivity index (χ0) is 23.5. The lowest BCUT2D eigenvalue weighted by Gasteiger charge is -2.36. The molecule has 0 fully saturated rings. The number of rotatable bonds is 8. The fourth-order valence-corrected chi connectivity index (χ4v) is 4.81. The van der Waals surface area contributed by atoms with Crippen LogP contribution in [0.5, 0.6) is 5.75 Å². The lowest BCUT2D eigenvalue weighted by molar-refractivity contribution is 0.290. The Morgan fingerprint density at radius 2 is 1.48 bits per heavy atom. The molecule has 33 heavy (non-hydrogen) atoms. The molecule has 4 heteroatoms. The van der Waals surface area contributed by atoms with Gasteiger partial charge in [0, 0.05) is 29.8 Å². The van der Waals surface area contributed by atoms with E-state index in [9.17, 15) is 0 Å². The molecule has 4 rings (SSSR count). The highest BCUT2D eigenvalue weighted by Gasteiger charge is 2.36. The van der Waals surface area contributed by atoms with Crippen molar-refractivity contribution in [3.8, 4) is 11.4 Å². The number of hydrogen-bond donors (Lipinski definition) is 0. The molecule has 1 aromatic heterocycles. The first-order valence-electron chi connectivity index (χ1n) is 11.8. The van der Waals surface area contributed by atoms with Gasteiger partial charge in [-0.05, 0) is 60.1 Å². The van der Waals surface area contributed by atoms with E-state index in [1.54, 1.807) is 0 Å². The standard InChI is InChI=1S/C29H35NO2Si/c1-29(2,3)33(4,5)32-20-19-26-21-24-13-9-10-14-28(24)30(26)25-15-17-27(18-16-25)31-22-23-11-7-6-8-12-23/h6-18,21H,19-20,22H2,1-5H3. The predicted octanol–water partition coefficient (Wildman–Crippen LogP) is 7.77. The lowest BCUT2D eigenvalue weighted by atomic mass is 10.2. The van der Waals surface area contributed by atoms with Crippen LogP contribution in [0.4, 0.5) is 0 Å². The number of nitrogens with zero attached hydrogens (tertiary/aromatic N) is 1. The van der Waals surface area contributed by atoms with Gasteiger partial charge in [0.1, 0.15) is 12.4 Å². The fraction of sp³-hybridized carbons (Fsp3) is 0.310. The van der Waals surface area contributed by atoms with Gasteiger partial charge in [-0.15, -0.1) is 0 Å². The number of benzene rings is 3. The molecule has 0 radical (unpaired) electrons. The molecule has 0 spiro atoms. The van der Waals surface area contributed by atoms with Gasteiger partial charge in [0.25, 0.3) is 0 Å². The summed E-state index contributed by atoms with van der Waals surface area (Å²) in [5, 5.41) is 1.47. The van der Waals surface area contributed by atoms with Crippen LogP contribution < -0.4 is 4.74 Å². The highest BCUT2D eigenvalue weighted by Crippen LogP contribution is 2.36. The molecule has 0 saturated carbocycles. The normalized spacial score (nSPS) is 12.3. The molecule has 0 aliphatic carbocycles. The molecule has 3 aromatic carbocycles. The molecule has 0 N–H and O–H groups in total. The average molecular weight is 458 g/mol. The summed E-state index contributed by atoms with van der Waals surface area (Å²) in [5.74, 6) is 0.877. The Morgan fingerprint density at radius 3 is 2.18 bits per heavy atom. The first kappa shape index (κ1) is 23.3. The Morgan fingerprint density at radius 1 is 0.818 bits per heavy atom. The molecule has 0 aliphatic rings. The van der Waals surface area contributed by atoms with Crippen molar-refractivity contribution >= 4 is 19.2 Å². The molecule has 0 aliphatic heterocycles. The van der Waals surface area contributed by atoms with Crippen molar-refractivity contribution in [1.82, 2.24) is 4.57 Å². The van der Waals surface area contributed by atoms with Crippen molar-refractivity contribution in [3.63, 3.8) is 0 Å². The van der Waals surface area contributed by atoms with E-state index in [0.29, 0.717) is 6.61 Å². The third-order valence-electron chi connectivity index (χ3n) is 6.76. The molecule has 0 atom stereocenters. The van der Waals surface area contributed by atoms with E-state index in [1.807, 2.05) is 18.2 Å². The lowest BCUT2D eigenvalue weighted by Crippen LogP contribution is -2.41. The van der Waals surface area contributed by atoms with Gasteiger partial charge in [0.05, 0.1) is 5.52 Å². The molecular formula is C29H35NO2Si. The smallest absolute Gasteiger partial charge is 0.191 e. The second-order valence-corrected chi connectivity index (χ2v) is 15.0. The van der Waals surface area contributed by atoms with E-state index >= 15 is 0 Å². The van der Waals surface area contributed by atoms with Gasteiger partial charge in [0.2, 0.25) is 0 Å². The largest absolute Gasteiger partial charge is 0.489 e. The molecule has 0 saturated heterocycles. The van der Waals surface area contributed by atoms with Crippen molar-refractivity contribution in [2.75, 3.05) is 6.61 Å². The van der Waals surface area contributed by atoms with E-state index in [4.69, 9.17) is 9.16 Å². The monoisotopic (exact) mass is 457 g/mol. The molecule has 0 bridgehead atoms. The predicted molar refractivity (Wildman–Crippen MR) is 141 cm³/mol. The van der Waals surface area contributed by atoms with Crippen molar-refractivity contribution in [1.29, 1.82) is 0 Å². The number of para-hydroxylation sites is 1. The van der Waals surface area contributed by atoms with Crippen LogP contribution in [0.1, 0.15) is 32.0 Å². The third kappa shape index (κ3) is 5.40. The summed E-state index contributed by atoms with van der Waals surface area (Å²) in [6.45, 7) is 12.8. The van der Waals surface area contributed by atoms with Gasteiger partial charge in [-0.25, -0.2) is 0 Å². The van der Waals surface area contributed by atoms with Crippen molar-refractivity contribution in [3.05, 3.63) is 96.2 Å². The Labute approximate surface area is 199 Å². The van der Waals surface area contributed by atoms with E-state index in [-0.39, 0.29) is 5.04 Å². The van der Waals surface area contributed by atoms with E-state index in [0.717, 1.165) is 24.5 Å². The van der Waals surface area contributed by atoms with Gasteiger partial charge in [0.15, 0.2) is 8.32 Å². The summed E-state index contributed by atoms with van der Waals surface area (Å²) in [5.41, 5.74) is 4.80. The topological polar surface area (TPSA) is 23.4 Å². The van der Waals surface area contributed by atoms with E-state index < -0.39 is 8.32 Å². The molecule has 4 aromatic rings. The van der Waals surface area contributed by atoms with Crippen LogP contribution in [0.2, 0.25) is 18.1 Å². The second kappa shape index (κ2) is 9.58. The van der Waals surface area contributed by atoms with Crippen LogP contribution in [0.15, 0.2) is 84.9 Å². The van der Waals surface area contributed by atoms with Gasteiger partial charge in [-0.3, -0.25) is 0 Å². The molecular weight excluding hydrogens is 422 g/mol.